The number of nitrogen functional groups attached to an aromatic ring is 1. The van der Waals surface area contributed by atoms with Gasteiger partial charge in [0.25, 0.3) is 0 Å². The van der Waals surface area contributed by atoms with Crippen LogP contribution in [-0.4, -0.2) is 11.3 Å². The number of alkyl halides is 3. The summed E-state index contributed by atoms with van der Waals surface area (Å²) < 4.78 is 41.2. The highest BCUT2D eigenvalue weighted by molar-refractivity contribution is 5.79. The zero-order valence-corrected chi connectivity index (χ0v) is 16.0. The number of nitrogens with zero attached hydrogens (tertiary/aromatic N) is 2. The van der Waals surface area contributed by atoms with Gasteiger partial charge in [-0.3, -0.25) is 0 Å². The SMILES string of the molecule is CC(C)(C)C1CCc2nc(N)c(C#N)c(-c3ccc(OC(F)(F)F)cc3)c2C1. The van der Waals surface area contributed by atoms with Gasteiger partial charge in [0.15, 0.2) is 0 Å². The van der Waals surface area contributed by atoms with Crippen LogP contribution in [0.2, 0.25) is 0 Å². The summed E-state index contributed by atoms with van der Waals surface area (Å²) >= 11 is 0. The lowest BCUT2D eigenvalue weighted by Crippen LogP contribution is -2.28. The second kappa shape index (κ2) is 7.01. The molecule has 0 radical (unpaired) electrons. The molecule has 0 saturated heterocycles. The Morgan fingerprint density at radius 3 is 2.36 bits per heavy atom. The Labute approximate surface area is 162 Å². The van der Waals surface area contributed by atoms with Gasteiger partial charge in [0.05, 0.1) is 0 Å². The van der Waals surface area contributed by atoms with E-state index in [0.29, 0.717) is 17.0 Å². The number of aromatic nitrogens is 1. The average molecular weight is 389 g/mol. The van der Waals surface area contributed by atoms with Crippen LogP contribution in [0, 0.1) is 22.7 Å². The number of ether oxygens (including phenoxy) is 1. The third-order valence-electron chi connectivity index (χ3n) is 5.30. The van der Waals surface area contributed by atoms with Crippen LogP contribution in [-0.2, 0) is 12.8 Å². The largest absolute Gasteiger partial charge is 0.573 e. The standard InChI is InChI=1S/C21H22F3N3O/c1-20(2,3)13-6-9-17-15(10-13)18(16(11-25)19(26)27-17)12-4-7-14(8-5-12)28-21(22,23)24/h4-5,7-8,13H,6,9-10H2,1-3H3,(H2,26,27). The fraction of sp³-hybridized carbons (Fsp3) is 0.429. The van der Waals surface area contributed by atoms with Gasteiger partial charge in [-0.05, 0) is 53.9 Å². The zero-order chi connectivity index (χ0) is 20.7. The lowest BCUT2D eigenvalue weighted by atomic mass is 9.70. The Morgan fingerprint density at radius 2 is 1.82 bits per heavy atom. The van der Waals surface area contributed by atoms with Crippen LogP contribution in [0.1, 0.15) is 44.0 Å². The van der Waals surface area contributed by atoms with Crippen LogP contribution in [0.3, 0.4) is 0 Å². The Morgan fingerprint density at radius 1 is 1.18 bits per heavy atom. The van der Waals surface area contributed by atoms with E-state index in [2.05, 4.69) is 36.6 Å². The highest BCUT2D eigenvalue weighted by Gasteiger charge is 2.33. The highest BCUT2D eigenvalue weighted by atomic mass is 19.4. The number of rotatable bonds is 2. The molecule has 28 heavy (non-hydrogen) atoms. The molecule has 1 unspecified atom stereocenters. The normalized spacial score (nSPS) is 17.0. The summed E-state index contributed by atoms with van der Waals surface area (Å²) in [6.07, 6.45) is -2.27. The van der Waals surface area contributed by atoms with Crippen molar-refractivity contribution in [2.75, 3.05) is 5.73 Å². The van der Waals surface area contributed by atoms with E-state index in [9.17, 15) is 18.4 Å². The van der Waals surface area contributed by atoms with Crippen LogP contribution in [0.15, 0.2) is 24.3 Å². The third-order valence-corrected chi connectivity index (χ3v) is 5.30. The minimum absolute atomic E-state index is 0.0908. The smallest absolute Gasteiger partial charge is 0.406 e. The van der Waals surface area contributed by atoms with Gasteiger partial charge in [0.2, 0.25) is 0 Å². The van der Waals surface area contributed by atoms with Crippen LogP contribution < -0.4 is 10.5 Å². The van der Waals surface area contributed by atoms with Gasteiger partial charge in [-0.2, -0.15) is 5.26 Å². The molecule has 148 valence electrons. The number of halogens is 3. The van der Waals surface area contributed by atoms with Gasteiger partial charge in [0.1, 0.15) is 23.2 Å². The highest BCUT2D eigenvalue weighted by Crippen LogP contribution is 2.42. The second-order valence-corrected chi connectivity index (χ2v) is 8.16. The topological polar surface area (TPSA) is 71.9 Å². The number of aryl methyl sites for hydroxylation is 1. The van der Waals surface area contributed by atoms with E-state index in [1.54, 1.807) is 0 Å². The van der Waals surface area contributed by atoms with Crippen LogP contribution in [0.4, 0.5) is 19.0 Å². The fourth-order valence-electron chi connectivity index (χ4n) is 3.77. The van der Waals surface area contributed by atoms with Gasteiger partial charge < -0.3 is 10.5 Å². The van der Waals surface area contributed by atoms with Crippen molar-refractivity contribution in [1.82, 2.24) is 4.98 Å². The number of pyridine rings is 1. The molecule has 0 amide bonds. The Hall–Kier alpha value is -2.75. The Balaban J connectivity index is 2.10. The first-order valence-corrected chi connectivity index (χ1v) is 9.07. The van der Waals surface area contributed by atoms with Gasteiger partial charge in [-0.15, -0.1) is 13.2 Å². The summed E-state index contributed by atoms with van der Waals surface area (Å²) in [6, 6.07) is 7.67. The van der Waals surface area contributed by atoms with Crippen molar-refractivity contribution in [2.45, 2.75) is 46.4 Å². The van der Waals surface area contributed by atoms with E-state index in [-0.39, 0.29) is 22.5 Å². The van der Waals surface area contributed by atoms with E-state index in [1.807, 2.05) is 0 Å². The molecular weight excluding hydrogens is 367 g/mol. The van der Waals surface area contributed by atoms with Crippen molar-refractivity contribution in [3.8, 4) is 22.9 Å². The van der Waals surface area contributed by atoms with Crippen LogP contribution in [0.5, 0.6) is 5.75 Å². The minimum atomic E-state index is -4.75. The molecule has 2 N–H and O–H groups in total. The molecule has 1 aliphatic carbocycles. The maximum atomic E-state index is 12.4. The van der Waals surface area contributed by atoms with E-state index >= 15 is 0 Å². The molecule has 1 aromatic carbocycles. The Kier molecular flexibility index (Phi) is 5.00. The van der Waals surface area contributed by atoms with Gasteiger partial charge in [0, 0.05) is 11.3 Å². The molecule has 0 aliphatic heterocycles. The second-order valence-electron chi connectivity index (χ2n) is 8.16. The number of benzene rings is 1. The molecule has 1 aliphatic rings. The molecule has 1 heterocycles. The molecule has 0 bridgehead atoms. The maximum absolute atomic E-state index is 12.4. The predicted molar refractivity (Wildman–Crippen MR) is 100 cm³/mol. The van der Waals surface area contributed by atoms with E-state index in [1.165, 1.54) is 24.3 Å². The lowest BCUT2D eigenvalue weighted by molar-refractivity contribution is -0.274. The van der Waals surface area contributed by atoms with E-state index < -0.39 is 6.36 Å². The number of fused-ring (bicyclic) bond motifs is 1. The third kappa shape index (κ3) is 4.06. The number of hydrogen-bond donors (Lipinski definition) is 1. The Bertz CT molecular complexity index is 922. The fourth-order valence-corrected chi connectivity index (χ4v) is 3.77. The van der Waals surface area contributed by atoms with Gasteiger partial charge in [-0.25, -0.2) is 4.98 Å². The van der Waals surface area contributed by atoms with Crippen LogP contribution in [0.25, 0.3) is 11.1 Å². The first kappa shape index (κ1) is 20.0. The molecule has 0 fully saturated rings. The molecular formula is C21H22F3N3O. The van der Waals surface area contributed by atoms with Crippen molar-refractivity contribution < 1.29 is 17.9 Å². The quantitative estimate of drug-likeness (QED) is 0.761. The summed E-state index contributed by atoms with van der Waals surface area (Å²) in [6.45, 7) is 6.55. The summed E-state index contributed by atoms with van der Waals surface area (Å²) in [5.41, 5.74) is 9.49. The predicted octanol–water partition coefficient (Wildman–Crippen LogP) is 5.25. The number of hydrogen-bond acceptors (Lipinski definition) is 4. The van der Waals surface area contributed by atoms with Crippen LogP contribution >= 0.6 is 0 Å². The van der Waals surface area contributed by atoms with E-state index in [0.717, 1.165) is 30.5 Å². The molecule has 0 spiro atoms. The molecule has 0 saturated carbocycles. The first-order chi connectivity index (χ1) is 13.0. The summed E-state index contributed by atoms with van der Waals surface area (Å²) in [4.78, 5) is 4.44. The number of nitrogens with two attached hydrogens (primary N) is 1. The lowest BCUT2D eigenvalue weighted by Gasteiger charge is -2.35. The zero-order valence-electron chi connectivity index (χ0n) is 16.0. The molecule has 1 aromatic heterocycles. The first-order valence-electron chi connectivity index (χ1n) is 9.07. The molecule has 3 rings (SSSR count). The van der Waals surface area contributed by atoms with Crippen molar-refractivity contribution in [1.29, 1.82) is 5.26 Å². The van der Waals surface area contributed by atoms with Gasteiger partial charge in [-0.1, -0.05) is 32.9 Å². The molecule has 7 heteroatoms. The molecule has 4 nitrogen and oxygen atoms in total. The molecule has 2 aromatic rings. The monoisotopic (exact) mass is 389 g/mol. The van der Waals surface area contributed by atoms with Crippen molar-refractivity contribution in [3.63, 3.8) is 0 Å². The van der Waals surface area contributed by atoms with Crippen molar-refractivity contribution in [2.24, 2.45) is 11.3 Å². The summed E-state index contributed by atoms with van der Waals surface area (Å²) in [5.74, 6) is 0.253. The average Bonchev–Trinajstić information content (AvgIpc) is 2.59. The minimum Gasteiger partial charge on any atom is -0.406 e. The van der Waals surface area contributed by atoms with Crippen molar-refractivity contribution >= 4 is 5.82 Å². The van der Waals surface area contributed by atoms with Gasteiger partial charge >= 0.3 is 6.36 Å². The summed E-state index contributed by atoms with van der Waals surface area (Å²) in [5, 5.41) is 9.65. The maximum Gasteiger partial charge on any atom is 0.573 e. The number of nitriles is 1. The molecule has 1 atom stereocenters. The number of anilines is 1. The van der Waals surface area contributed by atoms with E-state index in [4.69, 9.17) is 5.73 Å². The summed E-state index contributed by atoms with van der Waals surface area (Å²) in [7, 11) is 0. The van der Waals surface area contributed by atoms with Crippen molar-refractivity contribution in [3.05, 3.63) is 41.1 Å².